The number of benzene rings is 1. The van der Waals surface area contributed by atoms with Gasteiger partial charge in [-0.15, -0.1) is 0 Å². The van der Waals surface area contributed by atoms with E-state index in [1.807, 2.05) is 0 Å². The number of rotatable bonds is 4. The largest absolute Gasteiger partial charge is 0.417 e. The molecule has 1 amide bonds. The minimum Gasteiger partial charge on any atom is -0.383 e. The molecule has 1 aliphatic rings. The average Bonchev–Trinajstić information content (AvgIpc) is 3.62. The number of ether oxygens (including phenoxy) is 1. The molecule has 2 N–H and O–H groups in total. The Kier molecular flexibility index (Phi) is 4.87. The molecular formula is C26H22F3N7O2. The van der Waals surface area contributed by atoms with Crippen molar-refractivity contribution in [3.8, 4) is 0 Å². The third-order valence-corrected chi connectivity index (χ3v) is 6.41. The molecule has 9 nitrogen and oxygen atoms in total. The molecule has 6 rings (SSSR count). The highest BCUT2D eigenvalue weighted by atomic mass is 19.4. The molecule has 0 unspecified atom stereocenters. The minimum atomic E-state index is -4.59. The molecule has 4 aromatic heterocycles. The second-order valence-electron chi connectivity index (χ2n) is 9.01. The lowest BCUT2D eigenvalue weighted by atomic mass is 10.0. The van der Waals surface area contributed by atoms with E-state index in [4.69, 9.17) is 13.2 Å². The summed E-state index contributed by atoms with van der Waals surface area (Å²) in [5.74, 6) is -0.357. The van der Waals surface area contributed by atoms with Crippen LogP contribution in [0.4, 0.5) is 24.7 Å². The van der Waals surface area contributed by atoms with Gasteiger partial charge >= 0.3 is 6.18 Å². The molecule has 0 fully saturated rings. The Bertz CT molecular complexity index is 1830. The van der Waals surface area contributed by atoms with E-state index < -0.39 is 24.1 Å². The van der Waals surface area contributed by atoms with Crippen LogP contribution in [0.15, 0.2) is 48.9 Å². The average molecular weight is 524 g/mol. The number of pyridine rings is 2. The Balaban J connectivity index is 1.49. The van der Waals surface area contributed by atoms with Crippen LogP contribution in [-0.2, 0) is 37.7 Å². The van der Waals surface area contributed by atoms with Gasteiger partial charge in [-0.25, -0.2) is 9.97 Å². The Morgan fingerprint density at radius 1 is 1.16 bits per heavy atom. The second kappa shape index (κ2) is 8.55. The van der Waals surface area contributed by atoms with E-state index in [1.54, 1.807) is 26.1 Å². The lowest BCUT2D eigenvalue weighted by Gasteiger charge is -2.21. The van der Waals surface area contributed by atoms with Crippen molar-refractivity contribution >= 4 is 34.0 Å². The number of fused-ring (bicyclic) bond motifs is 4. The van der Waals surface area contributed by atoms with Crippen molar-refractivity contribution in [1.82, 2.24) is 24.1 Å². The first-order chi connectivity index (χ1) is 18.8. The molecular weight excluding hydrogens is 499 g/mol. The van der Waals surface area contributed by atoms with E-state index >= 15 is 0 Å². The van der Waals surface area contributed by atoms with Gasteiger partial charge in [-0.05, 0) is 42.8 Å². The second-order valence-corrected chi connectivity index (χ2v) is 9.01. The highest BCUT2D eigenvalue weighted by Crippen LogP contribution is 2.33. The molecule has 38 heavy (non-hydrogen) atoms. The number of amides is 1. The van der Waals surface area contributed by atoms with Crippen LogP contribution < -0.4 is 10.6 Å². The van der Waals surface area contributed by atoms with Gasteiger partial charge in [0.2, 0.25) is 0 Å². The number of aryl methyl sites for hydroxylation is 2. The van der Waals surface area contributed by atoms with Gasteiger partial charge in [0.05, 0.1) is 50.6 Å². The standard InChI is InChI=1S/C26H22F3N7O2/c1-14-22(11-34(2)33-14)36(10-17-9-35-8-16(26(27,28)29)4-6-23(35)31-17)25(37)15-3-5-21-18(7-15)19-12-38-13-20(19)24(30)32-21/h3-9,11H,10,12-13H2,1-2H3,(H2,30,32)/i10D2. The molecule has 1 aromatic carbocycles. The summed E-state index contributed by atoms with van der Waals surface area (Å²) in [4.78, 5) is 23.7. The fourth-order valence-electron chi connectivity index (χ4n) is 4.59. The van der Waals surface area contributed by atoms with Crippen molar-refractivity contribution < 1.29 is 25.4 Å². The molecule has 0 bridgehead atoms. The van der Waals surface area contributed by atoms with E-state index in [1.165, 1.54) is 16.9 Å². The summed E-state index contributed by atoms with van der Waals surface area (Å²) >= 11 is 0. The summed E-state index contributed by atoms with van der Waals surface area (Å²) in [6.45, 7) is -0.365. The highest BCUT2D eigenvalue weighted by molar-refractivity contribution is 6.08. The van der Waals surface area contributed by atoms with Gasteiger partial charge < -0.3 is 14.9 Å². The number of imidazole rings is 1. The summed E-state index contributed by atoms with van der Waals surface area (Å²) < 4.78 is 66.0. The predicted octanol–water partition coefficient (Wildman–Crippen LogP) is 4.40. The van der Waals surface area contributed by atoms with Gasteiger partial charge in [0, 0.05) is 42.2 Å². The normalized spacial score (nSPS) is 14.6. The number of nitrogens with zero attached hydrogens (tertiary/aromatic N) is 6. The van der Waals surface area contributed by atoms with Gasteiger partial charge in [-0.1, -0.05) is 0 Å². The fraction of sp³-hybridized carbons (Fsp3) is 0.231. The molecule has 1 aliphatic heterocycles. The molecule has 0 saturated carbocycles. The van der Waals surface area contributed by atoms with Gasteiger partial charge in [-0.2, -0.15) is 18.3 Å². The maximum Gasteiger partial charge on any atom is 0.417 e. The maximum absolute atomic E-state index is 14.1. The number of nitrogen functional groups attached to an aromatic ring is 1. The van der Waals surface area contributed by atoms with Gasteiger partial charge in [-0.3, -0.25) is 14.4 Å². The zero-order chi connectivity index (χ0) is 28.6. The highest BCUT2D eigenvalue weighted by Gasteiger charge is 2.31. The molecule has 194 valence electrons. The summed E-state index contributed by atoms with van der Waals surface area (Å²) in [5.41, 5.74) is 7.80. The smallest absolute Gasteiger partial charge is 0.383 e. The summed E-state index contributed by atoms with van der Waals surface area (Å²) in [7, 11) is 1.63. The fourth-order valence-corrected chi connectivity index (χ4v) is 4.59. The van der Waals surface area contributed by atoms with E-state index in [2.05, 4.69) is 15.1 Å². The topological polar surface area (TPSA) is 104 Å². The maximum atomic E-state index is 14.1. The Morgan fingerprint density at radius 2 is 1.95 bits per heavy atom. The first-order valence-electron chi connectivity index (χ1n) is 12.5. The summed E-state index contributed by atoms with van der Waals surface area (Å²) in [6.07, 6.45) is -1.12. The third kappa shape index (κ3) is 4.02. The van der Waals surface area contributed by atoms with Crippen LogP contribution in [0, 0.1) is 6.92 Å². The van der Waals surface area contributed by atoms with Crippen LogP contribution in [0.2, 0.25) is 0 Å². The lowest BCUT2D eigenvalue weighted by Crippen LogP contribution is -2.31. The first kappa shape index (κ1) is 21.6. The van der Waals surface area contributed by atoms with Crippen LogP contribution in [0.5, 0.6) is 0 Å². The zero-order valence-electron chi connectivity index (χ0n) is 22.2. The van der Waals surface area contributed by atoms with Crippen molar-refractivity contribution in [3.63, 3.8) is 0 Å². The number of hydrogen-bond donors (Lipinski definition) is 1. The molecule has 0 aliphatic carbocycles. The van der Waals surface area contributed by atoms with Crippen LogP contribution in [0.25, 0.3) is 16.6 Å². The number of carbonyl (C=O) groups excluding carboxylic acids is 1. The molecule has 0 spiro atoms. The van der Waals surface area contributed by atoms with Crippen molar-refractivity contribution in [1.29, 1.82) is 0 Å². The number of alkyl halides is 3. The number of halogens is 3. The minimum absolute atomic E-state index is 0.0899. The van der Waals surface area contributed by atoms with Crippen molar-refractivity contribution in [2.45, 2.75) is 32.8 Å². The summed E-state index contributed by atoms with van der Waals surface area (Å²) in [5, 5.41) is 4.92. The van der Waals surface area contributed by atoms with E-state index in [-0.39, 0.29) is 22.6 Å². The Hall–Kier alpha value is -4.45. The van der Waals surface area contributed by atoms with Crippen LogP contribution in [0.1, 0.15) is 41.2 Å². The van der Waals surface area contributed by atoms with E-state index in [0.717, 1.165) is 45.0 Å². The Morgan fingerprint density at radius 3 is 2.68 bits per heavy atom. The molecule has 5 aromatic rings. The van der Waals surface area contributed by atoms with Gasteiger partial charge in [0.25, 0.3) is 5.91 Å². The SMILES string of the molecule is [2H]C([2H])(c1cn2cc(C(F)(F)F)ccc2n1)N(C(=O)c1ccc2nc(N)c3c(c2c1)COC3)c1cn(C)nc1C. The number of nitrogens with two attached hydrogens (primary N) is 1. The van der Waals surface area contributed by atoms with Crippen molar-refractivity contribution in [2.24, 2.45) is 7.05 Å². The molecule has 12 heteroatoms. The monoisotopic (exact) mass is 523 g/mol. The summed E-state index contributed by atoms with van der Waals surface area (Å²) in [6, 6.07) is 6.78. The number of carbonyl (C=O) groups is 1. The first-order valence-corrected chi connectivity index (χ1v) is 11.5. The molecule has 0 radical (unpaired) electrons. The van der Waals surface area contributed by atoms with Gasteiger partial charge in [0.15, 0.2) is 0 Å². The molecule has 0 saturated heterocycles. The van der Waals surface area contributed by atoms with Crippen LogP contribution >= 0.6 is 0 Å². The quantitative estimate of drug-likeness (QED) is 0.375. The Labute approximate surface area is 217 Å². The number of anilines is 2. The van der Waals surface area contributed by atoms with E-state index in [9.17, 15) is 18.0 Å². The predicted molar refractivity (Wildman–Crippen MR) is 133 cm³/mol. The third-order valence-electron chi connectivity index (χ3n) is 6.41. The zero-order valence-corrected chi connectivity index (χ0v) is 20.2. The molecule has 5 heterocycles. The van der Waals surface area contributed by atoms with Crippen LogP contribution in [-0.4, -0.2) is 30.1 Å². The van der Waals surface area contributed by atoms with E-state index in [0.29, 0.717) is 35.6 Å². The molecule has 0 atom stereocenters. The number of hydrogen-bond acceptors (Lipinski definition) is 6. The van der Waals surface area contributed by atoms with Crippen LogP contribution in [0.3, 0.4) is 0 Å². The number of aromatic nitrogens is 5. The lowest BCUT2D eigenvalue weighted by molar-refractivity contribution is -0.137. The van der Waals surface area contributed by atoms with Crippen molar-refractivity contribution in [2.75, 3.05) is 10.6 Å². The van der Waals surface area contributed by atoms with Gasteiger partial charge in [0.1, 0.15) is 11.5 Å². The van der Waals surface area contributed by atoms with Crippen molar-refractivity contribution in [3.05, 3.63) is 82.6 Å².